The van der Waals surface area contributed by atoms with Crippen LogP contribution in [0, 0.1) is 10.1 Å². The van der Waals surface area contributed by atoms with Crippen molar-refractivity contribution < 1.29 is 9.66 Å². The van der Waals surface area contributed by atoms with Crippen LogP contribution in [-0.4, -0.2) is 14.9 Å². The number of aromatic amines is 2. The summed E-state index contributed by atoms with van der Waals surface area (Å²) in [6, 6.07) is 12.0. The molecule has 0 amide bonds. The zero-order valence-corrected chi connectivity index (χ0v) is 16.2. The van der Waals surface area contributed by atoms with Gasteiger partial charge in [0, 0.05) is 15.6 Å². The third-order valence-electron chi connectivity index (χ3n) is 3.84. The van der Waals surface area contributed by atoms with Crippen LogP contribution in [0.25, 0.3) is 12.2 Å². The standard InChI is InChI=1S/C19H13Cl2N3O5/c20-13-6-5-12(15(21)9-13)10-29-14-3-1-2-11(8-14)4-7-16-17(24(27)28)18(25)23-19(26)22-16/h1-9H,10H2,(H2,22,23,25,26)/b7-4-. The lowest BCUT2D eigenvalue weighted by molar-refractivity contribution is -0.386. The highest BCUT2D eigenvalue weighted by molar-refractivity contribution is 6.35. The number of nitrogens with one attached hydrogen (secondary N) is 2. The van der Waals surface area contributed by atoms with E-state index in [4.69, 9.17) is 27.9 Å². The Balaban J connectivity index is 1.81. The van der Waals surface area contributed by atoms with E-state index in [1.807, 2.05) is 4.98 Å². The van der Waals surface area contributed by atoms with Gasteiger partial charge in [0.2, 0.25) is 0 Å². The van der Waals surface area contributed by atoms with Crippen molar-refractivity contribution in [2.75, 3.05) is 0 Å². The number of nitro groups is 1. The van der Waals surface area contributed by atoms with Gasteiger partial charge in [-0.15, -0.1) is 0 Å². The molecule has 0 unspecified atom stereocenters. The first-order chi connectivity index (χ1) is 13.8. The van der Waals surface area contributed by atoms with Crippen LogP contribution < -0.4 is 16.0 Å². The maximum atomic E-state index is 11.6. The van der Waals surface area contributed by atoms with Crippen LogP contribution in [0.1, 0.15) is 16.8 Å². The summed E-state index contributed by atoms with van der Waals surface area (Å²) in [6.45, 7) is 0.218. The van der Waals surface area contributed by atoms with E-state index in [0.29, 0.717) is 21.4 Å². The molecule has 0 saturated carbocycles. The third kappa shape index (κ3) is 5.13. The van der Waals surface area contributed by atoms with Gasteiger partial charge in [-0.25, -0.2) is 4.79 Å². The van der Waals surface area contributed by atoms with E-state index in [2.05, 4.69) is 4.98 Å². The van der Waals surface area contributed by atoms with Gasteiger partial charge in [0.1, 0.15) is 18.1 Å². The highest BCUT2D eigenvalue weighted by Crippen LogP contribution is 2.23. The Kier molecular flexibility index (Phi) is 6.16. The first kappa shape index (κ1) is 20.4. The average Bonchev–Trinajstić information content (AvgIpc) is 2.65. The van der Waals surface area contributed by atoms with Crippen LogP contribution in [0.3, 0.4) is 0 Å². The van der Waals surface area contributed by atoms with E-state index >= 15 is 0 Å². The molecule has 0 atom stereocenters. The molecule has 0 aliphatic rings. The fourth-order valence-electron chi connectivity index (χ4n) is 2.49. The van der Waals surface area contributed by atoms with Gasteiger partial charge >= 0.3 is 16.9 Å². The predicted molar refractivity (Wildman–Crippen MR) is 111 cm³/mol. The zero-order chi connectivity index (χ0) is 21.0. The van der Waals surface area contributed by atoms with Gasteiger partial charge in [-0.1, -0.05) is 47.5 Å². The summed E-state index contributed by atoms with van der Waals surface area (Å²) >= 11 is 12.0. The maximum absolute atomic E-state index is 11.6. The molecule has 3 rings (SSSR count). The van der Waals surface area contributed by atoms with E-state index in [0.717, 1.165) is 5.56 Å². The molecular weight excluding hydrogens is 421 g/mol. The van der Waals surface area contributed by atoms with Gasteiger partial charge in [-0.2, -0.15) is 0 Å². The number of benzene rings is 2. The molecule has 1 heterocycles. The van der Waals surface area contributed by atoms with Crippen LogP contribution >= 0.6 is 23.2 Å². The topological polar surface area (TPSA) is 118 Å². The molecule has 3 aromatic rings. The Morgan fingerprint density at radius 3 is 2.59 bits per heavy atom. The summed E-state index contributed by atoms with van der Waals surface area (Å²) in [5, 5.41) is 12.1. The zero-order valence-electron chi connectivity index (χ0n) is 14.6. The highest BCUT2D eigenvalue weighted by atomic mass is 35.5. The van der Waals surface area contributed by atoms with E-state index in [1.54, 1.807) is 42.5 Å². The quantitative estimate of drug-likeness (QED) is 0.449. The Morgan fingerprint density at radius 2 is 1.86 bits per heavy atom. The number of rotatable bonds is 6. The minimum Gasteiger partial charge on any atom is -0.489 e. The average molecular weight is 434 g/mol. The van der Waals surface area contributed by atoms with Gasteiger partial charge in [0.25, 0.3) is 0 Å². The lowest BCUT2D eigenvalue weighted by Gasteiger charge is -2.08. The molecule has 8 nitrogen and oxygen atoms in total. The largest absolute Gasteiger partial charge is 0.489 e. The minimum absolute atomic E-state index is 0.206. The fourth-order valence-corrected chi connectivity index (χ4v) is 2.95. The molecule has 0 spiro atoms. The molecule has 0 saturated heterocycles. The van der Waals surface area contributed by atoms with Crippen LogP contribution in [0.5, 0.6) is 5.75 Å². The van der Waals surface area contributed by atoms with E-state index in [-0.39, 0.29) is 12.3 Å². The number of aromatic nitrogens is 2. The Morgan fingerprint density at radius 1 is 1.07 bits per heavy atom. The number of halogens is 2. The summed E-state index contributed by atoms with van der Waals surface area (Å²) in [5.41, 5.74) is -1.46. The van der Waals surface area contributed by atoms with Crippen LogP contribution in [0.4, 0.5) is 5.69 Å². The fraction of sp³-hybridized carbons (Fsp3) is 0.0526. The van der Waals surface area contributed by atoms with E-state index in [9.17, 15) is 19.7 Å². The molecule has 0 fully saturated rings. The Hall–Kier alpha value is -3.36. The molecule has 148 valence electrons. The summed E-state index contributed by atoms with van der Waals surface area (Å²) in [5.74, 6) is 0.534. The molecule has 2 aromatic carbocycles. The monoisotopic (exact) mass is 433 g/mol. The van der Waals surface area contributed by atoms with Crippen molar-refractivity contribution in [2.24, 2.45) is 0 Å². The first-order valence-electron chi connectivity index (χ1n) is 8.19. The van der Waals surface area contributed by atoms with Crippen LogP contribution in [-0.2, 0) is 6.61 Å². The van der Waals surface area contributed by atoms with Gasteiger partial charge in [-0.3, -0.25) is 19.9 Å². The van der Waals surface area contributed by atoms with Gasteiger partial charge in [-0.05, 0) is 35.9 Å². The van der Waals surface area contributed by atoms with Crippen molar-refractivity contribution in [1.82, 2.24) is 9.97 Å². The van der Waals surface area contributed by atoms with Crippen molar-refractivity contribution in [1.29, 1.82) is 0 Å². The summed E-state index contributed by atoms with van der Waals surface area (Å²) in [7, 11) is 0. The molecule has 0 aliphatic heterocycles. The molecule has 1 aromatic heterocycles. The van der Waals surface area contributed by atoms with Crippen molar-refractivity contribution in [3.63, 3.8) is 0 Å². The van der Waals surface area contributed by atoms with Crippen molar-refractivity contribution in [2.45, 2.75) is 6.61 Å². The second kappa shape index (κ2) is 8.76. The molecular formula is C19H13Cl2N3O5. The Labute approximate surface area is 173 Å². The van der Waals surface area contributed by atoms with E-state index in [1.165, 1.54) is 12.2 Å². The molecule has 0 radical (unpaired) electrons. The summed E-state index contributed by atoms with van der Waals surface area (Å²) in [6.07, 6.45) is 2.80. The number of hydrogen-bond acceptors (Lipinski definition) is 5. The number of hydrogen-bond donors (Lipinski definition) is 2. The lowest BCUT2D eigenvalue weighted by Crippen LogP contribution is -2.25. The minimum atomic E-state index is -1.07. The van der Waals surface area contributed by atoms with Crippen LogP contribution in [0.2, 0.25) is 10.0 Å². The smallest absolute Gasteiger partial charge is 0.357 e. The molecule has 2 N–H and O–H groups in total. The SMILES string of the molecule is O=c1[nH]c(/C=C\c2cccc(OCc3ccc(Cl)cc3Cl)c2)c([N+](=O)[O-])c(=O)[nH]1. The molecule has 10 heteroatoms. The van der Waals surface area contributed by atoms with E-state index < -0.39 is 21.9 Å². The number of nitrogens with zero attached hydrogens (tertiary/aromatic N) is 1. The van der Waals surface area contributed by atoms with Crippen molar-refractivity contribution in [3.05, 3.63) is 100 Å². The molecule has 0 bridgehead atoms. The second-order valence-corrected chi connectivity index (χ2v) is 6.70. The predicted octanol–water partition coefficient (Wildman–Crippen LogP) is 4.03. The van der Waals surface area contributed by atoms with Crippen molar-refractivity contribution in [3.8, 4) is 5.75 Å². The summed E-state index contributed by atoms with van der Waals surface area (Å²) < 4.78 is 5.72. The van der Waals surface area contributed by atoms with Crippen molar-refractivity contribution >= 4 is 41.0 Å². The van der Waals surface area contributed by atoms with Gasteiger partial charge < -0.3 is 9.72 Å². The highest BCUT2D eigenvalue weighted by Gasteiger charge is 2.18. The molecule has 29 heavy (non-hydrogen) atoms. The first-order valence-corrected chi connectivity index (χ1v) is 8.95. The van der Waals surface area contributed by atoms with Crippen LogP contribution in [0.15, 0.2) is 52.1 Å². The third-order valence-corrected chi connectivity index (χ3v) is 4.42. The molecule has 0 aliphatic carbocycles. The van der Waals surface area contributed by atoms with Gasteiger partial charge in [0.15, 0.2) is 0 Å². The normalized spacial score (nSPS) is 11.0. The van der Waals surface area contributed by atoms with Gasteiger partial charge in [0.05, 0.1) is 4.92 Å². The summed E-state index contributed by atoms with van der Waals surface area (Å²) in [4.78, 5) is 37.4. The maximum Gasteiger partial charge on any atom is 0.357 e. The number of H-pyrrole nitrogens is 2. The second-order valence-electron chi connectivity index (χ2n) is 5.86. The number of ether oxygens (including phenoxy) is 1. The lowest BCUT2D eigenvalue weighted by atomic mass is 10.2. The Bertz CT molecular complexity index is 1220.